The van der Waals surface area contributed by atoms with E-state index in [0.29, 0.717) is 17.5 Å². The molecule has 0 aliphatic heterocycles. The second-order valence-electron chi connectivity index (χ2n) is 13.8. The first-order chi connectivity index (χ1) is 26.3. The summed E-state index contributed by atoms with van der Waals surface area (Å²) >= 11 is 0. The number of para-hydroxylation sites is 1. The molecule has 11 rings (SSSR count). The van der Waals surface area contributed by atoms with Crippen molar-refractivity contribution in [2.24, 2.45) is 0 Å². The monoisotopic (exact) mass is 677 g/mol. The summed E-state index contributed by atoms with van der Waals surface area (Å²) in [5.41, 5.74) is 9.26. The topological polar surface area (TPSA) is 51.8 Å². The van der Waals surface area contributed by atoms with Crippen LogP contribution in [-0.2, 0) is 6.42 Å². The number of nitrogens with zero attached hydrogens (tertiary/aromatic N) is 3. The number of allylic oxidation sites excluding steroid dienone is 1. The third kappa shape index (κ3) is 4.80. The van der Waals surface area contributed by atoms with Crippen LogP contribution in [0.4, 0.5) is 0 Å². The number of furan rings is 1. The van der Waals surface area contributed by atoms with Crippen molar-refractivity contribution in [3.8, 4) is 45.3 Å². The lowest BCUT2D eigenvalue weighted by molar-refractivity contribution is 0.670. The van der Waals surface area contributed by atoms with Crippen molar-refractivity contribution in [2.75, 3.05) is 0 Å². The van der Waals surface area contributed by atoms with E-state index in [1.54, 1.807) is 0 Å². The molecule has 4 nitrogen and oxygen atoms in total. The van der Waals surface area contributed by atoms with Crippen LogP contribution in [0.15, 0.2) is 162 Å². The Balaban J connectivity index is 1.13. The standard InChI is InChI=1S/C49H31N3O/c1-2-13-33(14-3-1)47-50-48(35-26-23-30-11-4-5-15-34(30)29-35)52-49(51-47)42-21-10-22-43-45(42)41-20-9-19-40(46(41)53-43)37-17-8-18-39-38(37)28-27-32-25-24-31-12-6-7-16-36(31)44(32)39/h1-4,6-14,16-29H,5,15H2. The lowest BCUT2D eigenvalue weighted by Crippen LogP contribution is -2.01. The molecular weight excluding hydrogens is 647 g/mol. The Morgan fingerprint density at radius 2 is 1.17 bits per heavy atom. The van der Waals surface area contributed by atoms with Gasteiger partial charge in [-0.25, -0.2) is 15.0 Å². The zero-order valence-corrected chi connectivity index (χ0v) is 28.8. The number of benzene rings is 8. The zero-order chi connectivity index (χ0) is 34.9. The lowest BCUT2D eigenvalue weighted by Gasteiger charge is -2.13. The van der Waals surface area contributed by atoms with Crippen molar-refractivity contribution in [3.63, 3.8) is 0 Å². The molecule has 248 valence electrons. The van der Waals surface area contributed by atoms with Crippen molar-refractivity contribution in [1.82, 2.24) is 15.0 Å². The fourth-order valence-corrected chi connectivity index (χ4v) is 8.26. The molecule has 0 spiro atoms. The molecule has 1 aliphatic carbocycles. The van der Waals surface area contributed by atoms with E-state index >= 15 is 0 Å². The molecule has 4 heteroatoms. The minimum atomic E-state index is 0.619. The van der Waals surface area contributed by atoms with E-state index in [2.05, 4.69) is 133 Å². The highest BCUT2D eigenvalue weighted by Crippen LogP contribution is 2.43. The Hall–Kier alpha value is -6.91. The second-order valence-corrected chi connectivity index (χ2v) is 13.8. The number of rotatable bonds is 4. The molecule has 0 saturated carbocycles. The van der Waals surface area contributed by atoms with Gasteiger partial charge in [0.05, 0.1) is 0 Å². The van der Waals surface area contributed by atoms with Gasteiger partial charge in [-0.2, -0.15) is 0 Å². The van der Waals surface area contributed by atoms with E-state index < -0.39 is 0 Å². The molecule has 0 fully saturated rings. The molecule has 0 saturated heterocycles. The van der Waals surface area contributed by atoms with E-state index in [-0.39, 0.29) is 0 Å². The largest absolute Gasteiger partial charge is 0.455 e. The Kier molecular flexibility index (Phi) is 6.65. The Morgan fingerprint density at radius 1 is 0.453 bits per heavy atom. The zero-order valence-electron chi connectivity index (χ0n) is 28.8. The fourth-order valence-electron chi connectivity index (χ4n) is 8.26. The summed E-state index contributed by atoms with van der Waals surface area (Å²) in [5.74, 6) is 1.92. The first-order valence-electron chi connectivity index (χ1n) is 18.2. The van der Waals surface area contributed by atoms with E-state index in [9.17, 15) is 0 Å². The van der Waals surface area contributed by atoms with Crippen LogP contribution < -0.4 is 0 Å². The summed E-state index contributed by atoms with van der Waals surface area (Å²) in [6, 6.07) is 53.5. The molecular formula is C49H31N3O. The van der Waals surface area contributed by atoms with E-state index in [1.165, 1.54) is 43.4 Å². The highest BCUT2D eigenvalue weighted by Gasteiger charge is 2.21. The van der Waals surface area contributed by atoms with Gasteiger partial charge in [0.2, 0.25) is 0 Å². The number of aryl methyl sites for hydroxylation is 1. The molecule has 2 heterocycles. The first kappa shape index (κ1) is 29.8. The van der Waals surface area contributed by atoms with Crippen molar-refractivity contribution in [1.29, 1.82) is 0 Å². The van der Waals surface area contributed by atoms with Crippen molar-refractivity contribution in [3.05, 3.63) is 169 Å². The molecule has 0 amide bonds. The number of hydrogen-bond acceptors (Lipinski definition) is 4. The summed E-state index contributed by atoms with van der Waals surface area (Å²) in [7, 11) is 0. The number of hydrogen-bond donors (Lipinski definition) is 0. The summed E-state index contributed by atoms with van der Waals surface area (Å²) in [5, 5.41) is 9.46. The lowest BCUT2D eigenvalue weighted by atomic mass is 9.91. The van der Waals surface area contributed by atoms with Crippen LogP contribution >= 0.6 is 0 Å². The molecule has 0 unspecified atom stereocenters. The molecule has 0 bridgehead atoms. The second kappa shape index (κ2) is 11.8. The predicted octanol–water partition coefficient (Wildman–Crippen LogP) is 12.9. The van der Waals surface area contributed by atoms with Crippen LogP contribution in [0.1, 0.15) is 17.5 Å². The summed E-state index contributed by atoms with van der Waals surface area (Å²) < 4.78 is 6.82. The maximum absolute atomic E-state index is 6.82. The van der Waals surface area contributed by atoms with Crippen molar-refractivity contribution in [2.45, 2.75) is 12.8 Å². The Labute approximate surface area is 305 Å². The summed E-state index contributed by atoms with van der Waals surface area (Å²) in [4.78, 5) is 15.3. The normalized spacial score (nSPS) is 12.7. The van der Waals surface area contributed by atoms with Crippen LogP contribution in [0.3, 0.4) is 0 Å². The summed E-state index contributed by atoms with van der Waals surface area (Å²) in [6.07, 6.45) is 6.49. The van der Waals surface area contributed by atoms with Crippen molar-refractivity contribution < 1.29 is 4.42 Å². The number of fused-ring (bicyclic) bond motifs is 9. The number of aromatic nitrogens is 3. The van der Waals surface area contributed by atoms with Crippen LogP contribution in [0.2, 0.25) is 0 Å². The van der Waals surface area contributed by atoms with Crippen molar-refractivity contribution >= 4 is 60.3 Å². The van der Waals surface area contributed by atoms with Gasteiger partial charge in [-0.1, -0.05) is 152 Å². The van der Waals surface area contributed by atoms with Gasteiger partial charge >= 0.3 is 0 Å². The van der Waals surface area contributed by atoms with Crippen LogP contribution in [0.25, 0.3) is 106 Å². The molecule has 10 aromatic rings. The van der Waals surface area contributed by atoms with Gasteiger partial charge in [-0.3, -0.25) is 0 Å². The van der Waals surface area contributed by atoms with Crippen LogP contribution in [-0.4, -0.2) is 15.0 Å². The third-order valence-electron chi connectivity index (χ3n) is 10.8. The summed E-state index contributed by atoms with van der Waals surface area (Å²) in [6.45, 7) is 0. The maximum Gasteiger partial charge on any atom is 0.164 e. The molecule has 8 aromatic carbocycles. The van der Waals surface area contributed by atoms with Gasteiger partial charge in [-0.15, -0.1) is 0 Å². The molecule has 2 aromatic heterocycles. The van der Waals surface area contributed by atoms with Gasteiger partial charge in [-0.05, 0) is 74.0 Å². The van der Waals surface area contributed by atoms with Gasteiger partial charge in [0.1, 0.15) is 11.2 Å². The average molecular weight is 678 g/mol. The quantitative estimate of drug-likeness (QED) is 0.174. The SMILES string of the molecule is C1=Cc2ccc(-c3nc(-c4ccccc4)nc(-c4cccc5oc6c(-c7cccc8c7ccc7ccc9ccccc9c78)cccc6c45)n3)cc2CC1. The van der Waals surface area contributed by atoms with E-state index in [1.807, 2.05) is 30.3 Å². The average Bonchev–Trinajstić information content (AvgIpc) is 3.62. The highest BCUT2D eigenvalue weighted by atomic mass is 16.3. The predicted molar refractivity (Wildman–Crippen MR) is 219 cm³/mol. The molecule has 53 heavy (non-hydrogen) atoms. The molecule has 1 aliphatic rings. The first-order valence-corrected chi connectivity index (χ1v) is 18.2. The molecule has 0 radical (unpaired) electrons. The molecule has 0 N–H and O–H groups in total. The van der Waals surface area contributed by atoms with Gasteiger partial charge in [0.25, 0.3) is 0 Å². The van der Waals surface area contributed by atoms with Gasteiger partial charge in [0, 0.05) is 33.0 Å². The van der Waals surface area contributed by atoms with E-state index in [0.717, 1.165) is 62.6 Å². The Bertz CT molecular complexity index is 3120. The highest BCUT2D eigenvalue weighted by molar-refractivity contribution is 6.23. The third-order valence-corrected chi connectivity index (χ3v) is 10.8. The van der Waals surface area contributed by atoms with Gasteiger partial charge < -0.3 is 4.42 Å². The molecule has 0 atom stereocenters. The van der Waals surface area contributed by atoms with Crippen LogP contribution in [0.5, 0.6) is 0 Å². The van der Waals surface area contributed by atoms with Crippen LogP contribution in [0, 0.1) is 0 Å². The van der Waals surface area contributed by atoms with Gasteiger partial charge in [0.15, 0.2) is 17.5 Å². The minimum absolute atomic E-state index is 0.619. The minimum Gasteiger partial charge on any atom is -0.455 e. The Morgan fingerprint density at radius 3 is 2.09 bits per heavy atom. The van der Waals surface area contributed by atoms with E-state index in [4.69, 9.17) is 19.4 Å². The smallest absolute Gasteiger partial charge is 0.164 e. The fraction of sp³-hybridized carbons (Fsp3) is 0.0408. The maximum atomic E-state index is 6.82.